The van der Waals surface area contributed by atoms with Gasteiger partial charge in [-0.15, -0.1) is 0 Å². The van der Waals surface area contributed by atoms with Gasteiger partial charge in [0.15, 0.2) is 12.4 Å². The number of aliphatic hydroxyl groups is 5. The lowest BCUT2D eigenvalue weighted by Crippen LogP contribution is -2.61. The number of nitrogens with one attached hydrogen (secondary N) is 1. The Morgan fingerprint density at radius 1 is 0.532 bits per heavy atom. The number of amides is 1. The summed E-state index contributed by atoms with van der Waals surface area (Å²) in [5, 5.41) is 56.9. The van der Waals surface area contributed by atoms with Crippen molar-refractivity contribution in [2.75, 3.05) is 13.2 Å². The van der Waals surface area contributed by atoms with Gasteiger partial charge in [0.1, 0.15) is 24.4 Å². The van der Waals surface area contributed by atoms with E-state index in [9.17, 15) is 35.1 Å². The number of hydrogen-bond donors (Lipinski definition) is 6. The number of esters is 1. The lowest BCUT2D eigenvalue weighted by molar-refractivity contribution is -0.305. The average molecular weight is 1080 g/mol. The molecule has 1 amide bonds. The zero-order valence-corrected chi connectivity index (χ0v) is 48.5. The Labute approximate surface area is 468 Å². The van der Waals surface area contributed by atoms with Gasteiger partial charge >= 0.3 is 5.97 Å². The maximum absolute atomic E-state index is 13.4. The largest absolute Gasteiger partial charge is 0.454 e. The first-order chi connectivity index (χ1) is 37.7. The third-order valence-electron chi connectivity index (χ3n) is 13.8. The summed E-state index contributed by atoms with van der Waals surface area (Å²) in [7, 11) is 0. The minimum Gasteiger partial charge on any atom is -0.454 e. The predicted octanol–water partition coefficient (Wildman–Crippen LogP) is 14.5. The second-order valence-electron chi connectivity index (χ2n) is 20.9. The maximum Gasteiger partial charge on any atom is 0.306 e. The van der Waals surface area contributed by atoms with Crippen LogP contribution in [0.25, 0.3) is 0 Å². The van der Waals surface area contributed by atoms with E-state index in [4.69, 9.17) is 14.2 Å². The normalized spacial score (nSPS) is 19.8. The van der Waals surface area contributed by atoms with Crippen LogP contribution < -0.4 is 5.32 Å². The number of allylic oxidation sites excluding steroid dienone is 17. The quantitative estimate of drug-likeness (QED) is 0.0149. The van der Waals surface area contributed by atoms with Crippen LogP contribution in [0.1, 0.15) is 233 Å². The van der Waals surface area contributed by atoms with Gasteiger partial charge in [0, 0.05) is 6.42 Å². The van der Waals surface area contributed by atoms with Crippen molar-refractivity contribution in [2.24, 2.45) is 0 Å². The van der Waals surface area contributed by atoms with E-state index in [1.165, 1.54) is 103 Å². The number of rotatable bonds is 50. The summed E-state index contributed by atoms with van der Waals surface area (Å²) in [4.78, 5) is 26.5. The van der Waals surface area contributed by atoms with Gasteiger partial charge in [0.2, 0.25) is 5.91 Å². The molecule has 1 aliphatic rings. The van der Waals surface area contributed by atoms with E-state index >= 15 is 0 Å². The highest BCUT2D eigenvalue weighted by atomic mass is 16.7. The first-order valence-electron chi connectivity index (χ1n) is 30.7. The molecule has 440 valence electrons. The van der Waals surface area contributed by atoms with Crippen LogP contribution in [0, 0.1) is 0 Å². The summed E-state index contributed by atoms with van der Waals surface area (Å²) in [5.74, 6) is -1.25. The smallest absolute Gasteiger partial charge is 0.306 e. The molecule has 77 heavy (non-hydrogen) atoms. The number of carbonyl (C=O) groups excluding carboxylic acids is 2. The van der Waals surface area contributed by atoms with Gasteiger partial charge in [-0.05, 0) is 77.0 Å². The van der Waals surface area contributed by atoms with Crippen molar-refractivity contribution in [3.8, 4) is 0 Å². The lowest BCUT2D eigenvalue weighted by atomic mass is 9.99. The standard InChI is InChI=1S/C66H111NO10/c1-4-7-10-13-16-19-22-25-27-29-30-31-33-36-39-42-45-48-51-54-61(71)77-64-63(73)62(72)60(55-68)76-66(64)75-56-57(58(69)52-49-46-43-40-37-34-24-21-18-15-12-9-6-3)67-65(74)59(70)53-50-47-44-41-38-35-32-28-26-23-20-17-14-11-8-5-2/h8,11,14,16-17,19-20,23,25-28,32,35,38,41,49,52,57-60,62-64,66,68-70,72-73H,4-7,9-10,12-13,15,18,21-22,24,29-31,33-34,36-37,39-40,42-48,50-51,53-56H2,1-3H3,(H,67,74)/b11-8-,17-14+,19-16-,23-20+,27-25-,28-26-,35-32+,41-38+,52-49+. The van der Waals surface area contributed by atoms with E-state index in [0.717, 1.165) is 83.5 Å². The number of carbonyl (C=O) groups is 2. The Bertz CT molecular complexity index is 1660. The fraction of sp³-hybridized carbons (Fsp3) is 0.697. The first kappa shape index (κ1) is 71.3. The molecule has 0 spiro atoms. The molecule has 0 saturated carbocycles. The minimum atomic E-state index is -1.63. The highest BCUT2D eigenvalue weighted by Gasteiger charge is 2.47. The Morgan fingerprint density at radius 2 is 0.987 bits per heavy atom. The number of unbranched alkanes of at least 4 members (excludes halogenated alkanes) is 25. The molecule has 11 nitrogen and oxygen atoms in total. The van der Waals surface area contributed by atoms with Gasteiger partial charge in [-0.1, -0.05) is 259 Å². The van der Waals surface area contributed by atoms with Crippen molar-refractivity contribution >= 4 is 11.9 Å². The van der Waals surface area contributed by atoms with Crippen molar-refractivity contribution in [1.29, 1.82) is 0 Å². The third kappa shape index (κ3) is 41.1. The summed E-state index contributed by atoms with van der Waals surface area (Å²) in [6.45, 7) is 5.58. The molecular weight excluding hydrogens is 967 g/mol. The minimum absolute atomic E-state index is 0.107. The van der Waals surface area contributed by atoms with E-state index in [1.807, 2.05) is 72.9 Å². The van der Waals surface area contributed by atoms with Crippen LogP contribution in [-0.2, 0) is 23.8 Å². The Hall–Kier alpha value is -3.68. The second kappa shape index (κ2) is 53.0. The van der Waals surface area contributed by atoms with Crippen LogP contribution in [0.15, 0.2) is 109 Å². The second-order valence-corrected chi connectivity index (χ2v) is 20.9. The Kier molecular flexibility index (Phi) is 49.1. The van der Waals surface area contributed by atoms with Crippen molar-refractivity contribution in [1.82, 2.24) is 5.32 Å². The average Bonchev–Trinajstić information content (AvgIpc) is 3.43. The Morgan fingerprint density at radius 3 is 1.53 bits per heavy atom. The molecule has 0 aromatic heterocycles. The molecule has 1 heterocycles. The molecule has 0 aromatic rings. The van der Waals surface area contributed by atoms with Gasteiger partial charge < -0.3 is 45.1 Å². The third-order valence-corrected chi connectivity index (χ3v) is 13.8. The van der Waals surface area contributed by atoms with Gasteiger partial charge in [-0.25, -0.2) is 0 Å². The molecule has 0 radical (unpaired) electrons. The molecular formula is C66H111NO10. The van der Waals surface area contributed by atoms with Crippen molar-refractivity contribution in [2.45, 2.75) is 282 Å². The van der Waals surface area contributed by atoms with E-state index in [1.54, 1.807) is 6.08 Å². The molecule has 0 aromatic carbocycles. The molecule has 0 bridgehead atoms. The number of aliphatic hydroxyl groups excluding tert-OH is 5. The van der Waals surface area contributed by atoms with Crippen LogP contribution in [-0.4, -0.2) is 99.6 Å². The van der Waals surface area contributed by atoms with E-state index in [2.05, 4.69) is 56.5 Å². The molecule has 6 N–H and O–H groups in total. The van der Waals surface area contributed by atoms with E-state index in [-0.39, 0.29) is 19.4 Å². The molecule has 1 saturated heterocycles. The van der Waals surface area contributed by atoms with Crippen LogP contribution in [0.5, 0.6) is 0 Å². The zero-order valence-electron chi connectivity index (χ0n) is 48.5. The first-order valence-corrected chi connectivity index (χ1v) is 30.7. The molecule has 1 aliphatic heterocycles. The van der Waals surface area contributed by atoms with Crippen LogP contribution in [0.3, 0.4) is 0 Å². The summed E-state index contributed by atoms with van der Waals surface area (Å²) in [6.07, 6.45) is 61.2. The predicted molar refractivity (Wildman–Crippen MR) is 319 cm³/mol. The lowest BCUT2D eigenvalue weighted by Gasteiger charge is -2.41. The van der Waals surface area contributed by atoms with Crippen molar-refractivity contribution < 1.29 is 49.3 Å². The van der Waals surface area contributed by atoms with E-state index < -0.39 is 67.4 Å². The Balaban J connectivity index is 2.74. The zero-order chi connectivity index (χ0) is 56.1. The van der Waals surface area contributed by atoms with Crippen molar-refractivity contribution in [3.05, 3.63) is 109 Å². The van der Waals surface area contributed by atoms with Crippen LogP contribution in [0.4, 0.5) is 0 Å². The van der Waals surface area contributed by atoms with Gasteiger partial charge in [-0.2, -0.15) is 0 Å². The number of hydrogen-bond acceptors (Lipinski definition) is 10. The summed E-state index contributed by atoms with van der Waals surface area (Å²) >= 11 is 0. The molecule has 0 aliphatic carbocycles. The monoisotopic (exact) mass is 1080 g/mol. The highest BCUT2D eigenvalue weighted by Crippen LogP contribution is 2.26. The number of ether oxygens (including phenoxy) is 3. The maximum atomic E-state index is 13.4. The highest BCUT2D eigenvalue weighted by molar-refractivity contribution is 5.80. The topological polar surface area (TPSA) is 175 Å². The van der Waals surface area contributed by atoms with Gasteiger partial charge in [0.25, 0.3) is 0 Å². The fourth-order valence-corrected chi connectivity index (χ4v) is 8.95. The fourth-order valence-electron chi connectivity index (χ4n) is 8.95. The molecule has 8 unspecified atom stereocenters. The van der Waals surface area contributed by atoms with E-state index in [0.29, 0.717) is 12.8 Å². The van der Waals surface area contributed by atoms with Crippen molar-refractivity contribution in [3.63, 3.8) is 0 Å². The summed E-state index contributed by atoms with van der Waals surface area (Å²) in [5.41, 5.74) is 0. The van der Waals surface area contributed by atoms with Gasteiger partial charge in [0.05, 0.1) is 25.4 Å². The summed E-state index contributed by atoms with van der Waals surface area (Å²) in [6, 6.07) is -1.06. The SMILES string of the molecule is CC\C=C/C=C/C=C/C=C\C=C\C=C\CCCCC(O)C(=O)NC(COC1OC(CO)C(O)C(O)C1OC(=O)CCCCCCCCCCC/C=C\C/C=C\CCCCC)C(O)/C=C/CCCCCCCCCCCCC. The molecule has 11 heteroatoms. The van der Waals surface area contributed by atoms with Crippen LogP contribution in [0.2, 0.25) is 0 Å². The van der Waals surface area contributed by atoms with Crippen LogP contribution >= 0.6 is 0 Å². The molecule has 8 atom stereocenters. The molecule has 1 fully saturated rings. The van der Waals surface area contributed by atoms with Gasteiger partial charge in [-0.3, -0.25) is 9.59 Å². The summed E-state index contributed by atoms with van der Waals surface area (Å²) < 4.78 is 17.6. The molecule has 1 rings (SSSR count).